The van der Waals surface area contributed by atoms with Crippen molar-refractivity contribution in [2.45, 2.75) is 38.2 Å². The predicted molar refractivity (Wildman–Crippen MR) is 124 cm³/mol. The first-order valence-corrected chi connectivity index (χ1v) is 11.4. The van der Waals surface area contributed by atoms with E-state index in [4.69, 9.17) is 0 Å². The van der Waals surface area contributed by atoms with E-state index in [-0.39, 0.29) is 46.6 Å². The second-order valence-electron chi connectivity index (χ2n) is 9.01. The maximum atomic E-state index is 15.2. The number of hydrogen-bond donors (Lipinski definition) is 1. The first kappa shape index (κ1) is 24.8. The van der Waals surface area contributed by atoms with Crippen LogP contribution in [0.25, 0.3) is 22.0 Å². The Kier molecular flexibility index (Phi) is 5.78. The van der Waals surface area contributed by atoms with E-state index in [1.54, 1.807) is 12.1 Å². The lowest BCUT2D eigenvalue weighted by atomic mass is 9.87. The highest BCUT2D eigenvalue weighted by molar-refractivity contribution is 5.98. The van der Waals surface area contributed by atoms with Gasteiger partial charge in [-0.3, -0.25) is 14.5 Å². The van der Waals surface area contributed by atoms with E-state index in [1.807, 2.05) is 0 Å². The number of amides is 1. The molecule has 1 amide bonds. The van der Waals surface area contributed by atoms with Crippen LogP contribution in [0.4, 0.5) is 22.0 Å². The molecule has 0 saturated heterocycles. The Morgan fingerprint density at radius 3 is 2.41 bits per heavy atom. The molecule has 0 bridgehead atoms. The number of aromatic nitrogens is 3. The van der Waals surface area contributed by atoms with Gasteiger partial charge in [-0.05, 0) is 41.8 Å². The number of aliphatic hydroxyl groups is 1. The Morgan fingerprint density at radius 1 is 1.08 bits per heavy atom. The van der Waals surface area contributed by atoms with E-state index in [2.05, 4.69) is 10.1 Å². The summed E-state index contributed by atoms with van der Waals surface area (Å²) in [5.41, 5.74) is -2.81. The fourth-order valence-corrected chi connectivity index (χ4v) is 4.76. The lowest BCUT2D eigenvalue weighted by Crippen LogP contribution is -2.41. The SMILES string of the molecule is CCC(O)(c1ccc(-c2cc(F)c(CN3Cc4ncccc4C3=O)c(F)c2)c2cn(C)nc12)C(F)(F)F. The van der Waals surface area contributed by atoms with Crippen LogP contribution in [0, 0.1) is 11.6 Å². The summed E-state index contributed by atoms with van der Waals surface area (Å²) in [5, 5.41) is 14.8. The number of hydrogen-bond acceptors (Lipinski definition) is 4. The number of halogens is 5. The third-order valence-corrected chi connectivity index (χ3v) is 6.77. The van der Waals surface area contributed by atoms with Gasteiger partial charge in [-0.25, -0.2) is 8.78 Å². The largest absolute Gasteiger partial charge is 0.421 e. The number of fused-ring (bicyclic) bond motifs is 2. The summed E-state index contributed by atoms with van der Waals surface area (Å²) >= 11 is 0. The van der Waals surface area contributed by atoms with Crippen molar-refractivity contribution in [2.75, 3.05) is 0 Å². The minimum absolute atomic E-state index is 0.0769. The summed E-state index contributed by atoms with van der Waals surface area (Å²) in [4.78, 5) is 18.0. The molecule has 0 spiro atoms. The van der Waals surface area contributed by atoms with Gasteiger partial charge in [-0.1, -0.05) is 19.1 Å². The summed E-state index contributed by atoms with van der Waals surface area (Å²) in [7, 11) is 1.50. The standard InChI is InChI=1S/C26H21F5N4O2/c1-3-25(37,26(29,30)31)19-7-6-15(17-11-34(2)33-23(17)19)14-9-20(27)18(21(28)10-14)12-35-13-22-16(24(35)36)5-4-8-32-22/h4-11,37H,3,12-13H2,1-2H3. The number of benzene rings is 2. The molecule has 2 aromatic carbocycles. The molecule has 1 aliphatic rings. The van der Waals surface area contributed by atoms with Gasteiger partial charge < -0.3 is 10.0 Å². The normalized spacial score (nSPS) is 15.4. The Balaban J connectivity index is 1.55. The van der Waals surface area contributed by atoms with Crippen molar-refractivity contribution in [2.24, 2.45) is 7.05 Å². The second-order valence-corrected chi connectivity index (χ2v) is 9.01. The summed E-state index contributed by atoms with van der Waals surface area (Å²) in [6, 6.07) is 7.71. The minimum atomic E-state index is -4.96. The topological polar surface area (TPSA) is 71.2 Å². The van der Waals surface area contributed by atoms with Crippen molar-refractivity contribution in [1.82, 2.24) is 19.7 Å². The molecule has 1 atom stereocenters. The maximum absolute atomic E-state index is 15.2. The fraction of sp³-hybridized carbons (Fsp3) is 0.269. The zero-order chi connectivity index (χ0) is 26.7. The smallest absolute Gasteiger partial charge is 0.376 e. The molecule has 192 valence electrons. The van der Waals surface area contributed by atoms with Gasteiger partial charge >= 0.3 is 6.18 Å². The number of rotatable bonds is 5. The van der Waals surface area contributed by atoms with Crippen LogP contribution in [0.15, 0.2) is 48.8 Å². The van der Waals surface area contributed by atoms with E-state index < -0.39 is 35.4 Å². The highest BCUT2D eigenvalue weighted by atomic mass is 19.4. The first-order chi connectivity index (χ1) is 17.4. The number of carbonyl (C=O) groups is 1. The van der Waals surface area contributed by atoms with E-state index in [0.29, 0.717) is 11.3 Å². The zero-order valence-electron chi connectivity index (χ0n) is 19.8. The van der Waals surface area contributed by atoms with Crippen LogP contribution in [-0.4, -0.2) is 36.9 Å². The third kappa shape index (κ3) is 3.93. The summed E-state index contributed by atoms with van der Waals surface area (Å²) < 4.78 is 72.9. The first-order valence-electron chi connectivity index (χ1n) is 11.4. The molecule has 1 aliphatic heterocycles. The number of pyridine rings is 1. The van der Waals surface area contributed by atoms with Crippen molar-refractivity contribution < 1.29 is 31.9 Å². The molecule has 0 saturated carbocycles. The third-order valence-electron chi connectivity index (χ3n) is 6.77. The van der Waals surface area contributed by atoms with Crippen LogP contribution in [0.3, 0.4) is 0 Å². The van der Waals surface area contributed by atoms with Gasteiger partial charge in [-0.15, -0.1) is 0 Å². The van der Waals surface area contributed by atoms with E-state index >= 15 is 8.78 Å². The zero-order valence-corrected chi connectivity index (χ0v) is 19.8. The van der Waals surface area contributed by atoms with Crippen LogP contribution in [-0.2, 0) is 25.7 Å². The molecule has 37 heavy (non-hydrogen) atoms. The highest BCUT2D eigenvalue weighted by Crippen LogP contribution is 2.45. The van der Waals surface area contributed by atoms with Gasteiger partial charge in [0.25, 0.3) is 5.91 Å². The molecule has 6 nitrogen and oxygen atoms in total. The number of alkyl halides is 3. The van der Waals surface area contributed by atoms with Crippen molar-refractivity contribution in [3.8, 4) is 11.1 Å². The monoisotopic (exact) mass is 516 g/mol. The van der Waals surface area contributed by atoms with Gasteiger partial charge in [0.05, 0.1) is 29.9 Å². The molecule has 11 heteroatoms. The van der Waals surface area contributed by atoms with Crippen molar-refractivity contribution in [3.05, 3.63) is 82.8 Å². The average Bonchev–Trinajstić information content (AvgIpc) is 3.38. The van der Waals surface area contributed by atoms with E-state index in [9.17, 15) is 23.1 Å². The van der Waals surface area contributed by atoms with Crippen molar-refractivity contribution in [3.63, 3.8) is 0 Å². The highest BCUT2D eigenvalue weighted by Gasteiger charge is 2.54. The van der Waals surface area contributed by atoms with Crippen LogP contribution in [0.1, 0.15) is 40.5 Å². The molecule has 3 heterocycles. The molecule has 4 aromatic rings. The van der Waals surface area contributed by atoms with Gasteiger partial charge in [0, 0.05) is 36.0 Å². The van der Waals surface area contributed by atoms with E-state index in [0.717, 1.165) is 18.2 Å². The second kappa shape index (κ2) is 8.62. The van der Waals surface area contributed by atoms with Crippen LogP contribution < -0.4 is 0 Å². The number of aryl methyl sites for hydroxylation is 1. The summed E-state index contributed by atoms with van der Waals surface area (Å²) in [6.07, 6.45) is -2.65. The van der Waals surface area contributed by atoms with Crippen molar-refractivity contribution in [1.29, 1.82) is 0 Å². The number of nitrogens with zero attached hydrogens (tertiary/aromatic N) is 4. The van der Waals surface area contributed by atoms with Crippen LogP contribution in [0.5, 0.6) is 0 Å². The van der Waals surface area contributed by atoms with Crippen LogP contribution >= 0.6 is 0 Å². The maximum Gasteiger partial charge on any atom is 0.421 e. The average molecular weight is 516 g/mol. The molecular formula is C26H21F5N4O2. The number of carbonyl (C=O) groups excluding carboxylic acids is 1. The summed E-state index contributed by atoms with van der Waals surface area (Å²) in [5.74, 6) is -2.20. The Morgan fingerprint density at radius 2 is 1.78 bits per heavy atom. The molecule has 0 aliphatic carbocycles. The van der Waals surface area contributed by atoms with Gasteiger partial charge in [0.2, 0.25) is 0 Å². The Hall–Kier alpha value is -3.86. The molecule has 2 aromatic heterocycles. The Bertz CT molecular complexity index is 1520. The lowest BCUT2D eigenvalue weighted by Gasteiger charge is -2.30. The quantitative estimate of drug-likeness (QED) is 0.369. The molecule has 1 unspecified atom stereocenters. The van der Waals surface area contributed by atoms with E-state index in [1.165, 1.54) is 42.0 Å². The Labute approximate surface area is 208 Å². The van der Waals surface area contributed by atoms with Gasteiger partial charge in [0.15, 0.2) is 5.60 Å². The summed E-state index contributed by atoms with van der Waals surface area (Å²) in [6.45, 7) is 1.01. The molecule has 1 N–H and O–H groups in total. The fourth-order valence-electron chi connectivity index (χ4n) is 4.76. The predicted octanol–water partition coefficient (Wildman–Crippen LogP) is 5.23. The van der Waals surface area contributed by atoms with Crippen molar-refractivity contribution >= 4 is 16.8 Å². The van der Waals surface area contributed by atoms with Gasteiger partial charge in [0.1, 0.15) is 11.6 Å². The van der Waals surface area contributed by atoms with Gasteiger partial charge in [-0.2, -0.15) is 18.3 Å². The molecule has 5 rings (SSSR count). The van der Waals surface area contributed by atoms with Crippen LogP contribution in [0.2, 0.25) is 0 Å². The molecule has 0 radical (unpaired) electrons. The molecule has 0 fully saturated rings. The minimum Gasteiger partial charge on any atom is -0.376 e. The lowest BCUT2D eigenvalue weighted by molar-refractivity contribution is -0.267. The molecular weight excluding hydrogens is 495 g/mol.